The smallest absolute Gasteiger partial charge is 0.342 e. The van der Waals surface area contributed by atoms with Gasteiger partial charge in [-0.25, -0.2) is 4.79 Å². The van der Waals surface area contributed by atoms with Crippen molar-refractivity contribution in [3.05, 3.63) is 77.4 Å². The van der Waals surface area contributed by atoms with Gasteiger partial charge in [-0.15, -0.1) is 0 Å². The van der Waals surface area contributed by atoms with Crippen molar-refractivity contribution in [1.82, 2.24) is 0 Å². The van der Waals surface area contributed by atoms with Gasteiger partial charge >= 0.3 is 5.97 Å². The molecule has 1 aliphatic heterocycles. The first-order valence-corrected chi connectivity index (χ1v) is 9.34. The number of rotatable bonds is 1. The molecule has 150 valence electrons. The van der Waals surface area contributed by atoms with Crippen molar-refractivity contribution in [2.24, 2.45) is 0 Å². The fraction of sp³-hybridized carbons (Fsp3) is 0.217. The van der Waals surface area contributed by atoms with Gasteiger partial charge in [-0.3, -0.25) is 4.79 Å². The van der Waals surface area contributed by atoms with Gasteiger partial charge in [-0.1, -0.05) is 48.6 Å². The van der Waals surface area contributed by atoms with Crippen molar-refractivity contribution < 1.29 is 29.6 Å². The molecule has 1 atom stereocenters. The Morgan fingerprint density at radius 3 is 2.38 bits per heavy atom. The molecule has 3 N–H and O–H groups in total. The Morgan fingerprint density at radius 2 is 1.62 bits per heavy atom. The number of phenols is 3. The summed E-state index contributed by atoms with van der Waals surface area (Å²) in [7, 11) is 0. The Kier molecular flexibility index (Phi) is 6.34. The van der Waals surface area contributed by atoms with Crippen LogP contribution in [0.1, 0.15) is 46.9 Å². The van der Waals surface area contributed by atoms with E-state index in [0.717, 1.165) is 18.1 Å². The van der Waals surface area contributed by atoms with Gasteiger partial charge in [0.1, 0.15) is 17.4 Å². The molecule has 0 aliphatic carbocycles. The van der Waals surface area contributed by atoms with Crippen LogP contribution >= 0.6 is 0 Å². The summed E-state index contributed by atoms with van der Waals surface area (Å²) in [5.41, 5.74) is 0.281. The van der Waals surface area contributed by atoms with E-state index in [9.17, 15) is 24.9 Å². The standard InChI is InChI=1S/C23H22O6/c24-16-11-7-2-1-3-8-12-20(15-9-5-4-6-10-15)29-23(28)21-17(13-16)22(27)19(26)14-18(21)25/h3-11,14,20,25-27H,1-2,12-13H2/b8-3+,11-7+/t20-/m1/s1. The fourth-order valence-corrected chi connectivity index (χ4v) is 3.18. The zero-order valence-electron chi connectivity index (χ0n) is 15.7. The van der Waals surface area contributed by atoms with Crippen molar-refractivity contribution in [2.45, 2.75) is 31.8 Å². The highest BCUT2D eigenvalue weighted by Crippen LogP contribution is 2.39. The Bertz CT molecular complexity index is 959. The van der Waals surface area contributed by atoms with Crippen LogP contribution in [0.5, 0.6) is 17.2 Å². The Labute approximate surface area is 168 Å². The summed E-state index contributed by atoms with van der Waals surface area (Å²) >= 11 is 0. The molecule has 6 nitrogen and oxygen atoms in total. The first kappa shape index (κ1) is 20.2. The van der Waals surface area contributed by atoms with E-state index in [1.54, 1.807) is 6.08 Å². The van der Waals surface area contributed by atoms with E-state index in [1.165, 1.54) is 6.08 Å². The minimum atomic E-state index is -0.885. The van der Waals surface area contributed by atoms with E-state index in [-0.39, 0.29) is 23.3 Å². The zero-order valence-corrected chi connectivity index (χ0v) is 15.7. The lowest BCUT2D eigenvalue weighted by atomic mass is 9.98. The molecular weight excluding hydrogens is 372 g/mol. The van der Waals surface area contributed by atoms with Gasteiger partial charge < -0.3 is 20.1 Å². The number of aromatic hydroxyl groups is 3. The molecule has 0 radical (unpaired) electrons. The Morgan fingerprint density at radius 1 is 0.897 bits per heavy atom. The summed E-state index contributed by atoms with van der Waals surface area (Å²) < 4.78 is 5.65. The molecule has 0 unspecified atom stereocenters. The van der Waals surface area contributed by atoms with Gasteiger partial charge in [0.05, 0.1) is 0 Å². The highest BCUT2D eigenvalue weighted by atomic mass is 16.5. The van der Waals surface area contributed by atoms with Gasteiger partial charge in [-0.2, -0.15) is 0 Å². The number of ether oxygens (including phenoxy) is 1. The first-order valence-electron chi connectivity index (χ1n) is 9.34. The number of fused-ring (bicyclic) bond motifs is 1. The van der Waals surface area contributed by atoms with Gasteiger partial charge in [0, 0.05) is 24.5 Å². The minimum Gasteiger partial charge on any atom is -0.507 e. The maximum atomic E-state index is 12.9. The number of phenolic OH excluding ortho intramolecular Hbond substituents is 3. The van der Waals surface area contributed by atoms with Crippen LogP contribution in [0.3, 0.4) is 0 Å². The molecule has 29 heavy (non-hydrogen) atoms. The second-order valence-electron chi connectivity index (χ2n) is 6.75. The normalized spacial score (nSPS) is 20.2. The topological polar surface area (TPSA) is 104 Å². The first-order chi connectivity index (χ1) is 14.0. The number of esters is 1. The number of carbonyl (C=O) groups is 2. The molecule has 2 aromatic rings. The lowest BCUT2D eigenvalue weighted by Gasteiger charge is -2.19. The quantitative estimate of drug-likeness (QED) is 0.291. The number of ketones is 1. The molecule has 1 heterocycles. The summed E-state index contributed by atoms with van der Waals surface area (Å²) in [6.07, 6.45) is 7.77. The summed E-state index contributed by atoms with van der Waals surface area (Å²) in [5.74, 6) is -3.07. The third-order valence-corrected chi connectivity index (χ3v) is 4.66. The maximum Gasteiger partial charge on any atom is 0.342 e. The number of allylic oxidation sites excluding steroid dienone is 3. The van der Waals surface area contributed by atoms with Crippen LogP contribution in [-0.4, -0.2) is 27.1 Å². The number of cyclic esters (lactones) is 1. The van der Waals surface area contributed by atoms with Crippen LogP contribution in [0.25, 0.3) is 0 Å². The molecule has 0 spiro atoms. The van der Waals surface area contributed by atoms with Crippen molar-refractivity contribution in [3.63, 3.8) is 0 Å². The predicted octanol–water partition coefficient (Wildman–Crippen LogP) is 4.11. The van der Waals surface area contributed by atoms with E-state index in [2.05, 4.69) is 0 Å². The highest BCUT2D eigenvalue weighted by molar-refractivity contribution is 5.99. The SMILES string of the molecule is O=C1/C=C/CC/C=C/C[C@H](c2ccccc2)OC(=O)c2c(O)cc(O)c(O)c2C1. The average Bonchev–Trinajstić information content (AvgIpc) is 2.70. The summed E-state index contributed by atoms with van der Waals surface area (Å²) in [6, 6.07) is 10.0. The van der Waals surface area contributed by atoms with Crippen LogP contribution < -0.4 is 0 Å². The lowest BCUT2D eigenvalue weighted by molar-refractivity contribution is -0.114. The molecule has 0 saturated carbocycles. The van der Waals surface area contributed by atoms with Crippen molar-refractivity contribution in [3.8, 4) is 17.2 Å². The van der Waals surface area contributed by atoms with E-state index < -0.39 is 29.3 Å². The Balaban J connectivity index is 2.06. The third kappa shape index (κ3) is 4.85. The largest absolute Gasteiger partial charge is 0.507 e. The Hall–Kier alpha value is -3.54. The predicted molar refractivity (Wildman–Crippen MR) is 107 cm³/mol. The highest BCUT2D eigenvalue weighted by Gasteiger charge is 2.27. The van der Waals surface area contributed by atoms with Crippen LogP contribution in [0.2, 0.25) is 0 Å². The maximum absolute atomic E-state index is 12.9. The summed E-state index contributed by atoms with van der Waals surface area (Å²) in [4.78, 5) is 25.2. The van der Waals surface area contributed by atoms with Gasteiger partial charge in [-0.05, 0) is 24.5 Å². The third-order valence-electron chi connectivity index (χ3n) is 4.66. The second-order valence-corrected chi connectivity index (χ2v) is 6.75. The van der Waals surface area contributed by atoms with Crippen molar-refractivity contribution in [1.29, 1.82) is 0 Å². The molecule has 3 rings (SSSR count). The zero-order chi connectivity index (χ0) is 20.8. The average molecular weight is 394 g/mol. The fourth-order valence-electron chi connectivity index (χ4n) is 3.18. The molecule has 6 heteroatoms. The molecule has 0 amide bonds. The van der Waals surface area contributed by atoms with E-state index >= 15 is 0 Å². The molecule has 0 bridgehead atoms. The van der Waals surface area contributed by atoms with Gasteiger partial charge in [0.15, 0.2) is 17.3 Å². The second kappa shape index (κ2) is 9.10. The van der Waals surface area contributed by atoms with E-state index in [0.29, 0.717) is 12.8 Å². The summed E-state index contributed by atoms with van der Waals surface area (Å²) in [5, 5.41) is 30.3. The molecule has 1 aliphatic rings. The molecule has 2 aromatic carbocycles. The van der Waals surface area contributed by atoms with E-state index in [1.807, 2.05) is 42.5 Å². The summed E-state index contributed by atoms with van der Waals surface area (Å²) in [6.45, 7) is 0. The van der Waals surface area contributed by atoms with Crippen molar-refractivity contribution >= 4 is 11.8 Å². The number of hydrogen-bond donors (Lipinski definition) is 3. The number of carbonyl (C=O) groups excluding carboxylic acids is 2. The monoisotopic (exact) mass is 394 g/mol. The minimum absolute atomic E-state index is 0.165. The van der Waals surface area contributed by atoms with Crippen LogP contribution in [-0.2, 0) is 16.0 Å². The molecule has 0 fully saturated rings. The van der Waals surface area contributed by atoms with Crippen LogP contribution in [0, 0.1) is 0 Å². The van der Waals surface area contributed by atoms with Crippen molar-refractivity contribution in [2.75, 3.05) is 0 Å². The number of benzene rings is 2. The van der Waals surface area contributed by atoms with Crippen LogP contribution in [0.4, 0.5) is 0 Å². The van der Waals surface area contributed by atoms with Crippen LogP contribution in [0.15, 0.2) is 60.7 Å². The van der Waals surface area contributed by atoms with Gasteiger partial charge in [0.2, 0.25) is 0 Å². The molecular formula is C23H22O6. The lowest BCUT2D eigenvalue weighted by Crippen LogP contribution is -2.15. The van der Waals surface area contributed by atoms with Gasteiger partial charge in [0.25, 0.3) is 0 Å². The van der Waals surface area contributed by atoms with E-state index in [4.69, 9.17) is 4.74 Å². The number of hydrogen-bond acceptors (Lipinski definition) is 6. The molecule has 0 saturated heterocycles. The molecule has 0 aromatic heterocycles.